The fraction of sp³-hybridized carbons (Fsp3) is 0.304. The second-order valence-corrected chi connectivity index (χ2v) is 9.57. The van der Waals surface area contributed by atoms with Gasteiger partial charge in [-0.1, -0.05) is 12.1 Å². The molecule has 0 bridgehead atoms. The van der Waals surface area contributed by atoms with Gasteiger partial charge in [-0.25, -0.2) is 9.97 Å². The van der Waals surface area contributed by atoms with Gasteiger partial charge in [0.05, 0.1) is 11.3 Å². The Morgan fingerprint density at radius 2 is 1.51 bits per heavy atom. The first-order valence-corrected chi connectivity index (χ1v) is 12.6. The molecule has 0 atom stereocenters. The molecule has 1 N–H and O–H groups in total. The molecule has 16 heteroatoms. The van der Waals surface area contributed by atoms with Gasteiger partial charge in [0.15, 0.2) is 11.6 Å². The first kappa shape index (κ1) is 32.0. The maximum absolute atomic E-state index is 13.0. The molecule has 3 rings (SSSR count). The van der Waals surface area contributed by atoms with Crippen molar-refractivity contribution in [2.75, 3.05) is 22.7 Å². The van der Waals surface area contributed by atoms with E-state index in [0.717, 1.165) is 12.1 Å². The molecule has 0 saturated carbocycles. The molecule has 0 saturated heterocycles. The minimum Gasteiger partial charge on any atom is -0.372 e. The van der Waals surface area contributed by atoms with Gasteiger partial charge in [-0.3, -0.25) is 4.72 Å². The molecule has 39 heavy (non-hydrogen) atoms. The minimum absolute atomic E-state index is 0. The van der Waals surface area contributed by atoms with E-state index in [-0.39, 0.29) is 39.4 Å². The summed E-state index contributed by atoms with van der Waals surface area (Å²) >= 11 is 0. The molecular weight excluding hydrogens is 597 g/mol. The number of hydrogen-bond acceptors (Lipinski definition) is 7. The minimum atomic E-state index is -5.75. The van der Waals surface area contributed by atoms with E-state index in [1.54, 1.807) is 17.9 Å². The number of aryl methyl sites for hydroxylation is 1. The Kier molecular flexibility index (Phi) is 10.1. The van der Waals surface area contributed by atoms with E-state index in [4.69, 9.17) is 0 Å². The van der Waals surface area contributed by atoms with Gasteiger partial charge in [0.1, 0.15) is 5.69 Å². The Balaban J connectivity index is 0.00000533. The summed E-state index contributed by atoms with van der Waals surface area (Å²) in [4.78, 5) is 10.1. The zero-order chi connectivity index (χ0) is 28.3. The number of nitrogens with zero attached hydrogens (tertiary/aromatic N) is 5. The molecular formula is C23H22F6N6NiO2S+2. The number of sulfonamides is 1. The second-order valence-electron chi connectivity index (χ2n) is 7.89. The third kappa shape index (κ3) is 7.88. The van der Waals surface area contributed by atoms with Crippen LogP contribution in [-0.4, -0.2) is 37.0 Å². The summed E-state index contributed by atoms with van der Waals surface area (Å²) in [5.74, 6) is -0.00704. The van der Waals surface area contributed by atoms with Gasteiger partial charge in [0, 0.05) is 36.1 Å². The number of nitrogens with one attached hydrogen (secondary N) is 1. The third-order valence-electron chi connectivity index (χ3n) is 5.23. The molecule has 0 aliphatic heterocycles. The zero-order valence-corrected chi connectivity index (χ0v) is 22.4. The van der Waals surface area contributed by atoms with E-state index in [2.05, 4.69) is 20.2 Å². The van der Waals surface area contributed by atoms with Crippen LogP contribution in [0.15, 0.2) is 58.8 Å². The molecule has 0 amide bonds. The third-order valence-corrected chi connectivity index (χ3v) is 6.33. The van der Waals surface area contributed by atoms with Crippen molar-refractivity contribution < 1.29 is 51.3 Å². The molecule has 2 aromatic carbocycles. The van der Waals surface area contributed by atoms with Crippen LogP contribution in [0.2, 0.25) is 0 Å². The van der Waals surface area contributed by atoms with Crippen LogP contribution in [0.3, 0.4) is 0 Å². The predicted octanol–water partition coefficient (Wildman–Crippen LogP) is 6.99. The Morgan fingerprint density at radius 3 is 2.05 bits per heavy atom. The van der Waals surface area contributed by atoms with Crippen LogP contribution in [-0.2, 0) is 32.7 Å². The van der Waals surface area contributed by atoms with E-state index in [1.165, 1.54) is 35.1 Å². The number of benzene rings is 2. The molecule has 1 aromatic heterocycles. The Morgan fingerprint density at radius 1 is 0.897 bits per heavy atom. The normalized spacial score (nSPS) is 12.3. The van der Waals surface area contributed by atoms with Crippen LogP contribution in [0.4, 0.5) is 49.2 Å². The van der Waals surface area contributed by atoms with Gasteiger partial charge in [0.2, 0.25) is 0 Å². The van der Waals surface area contributed by atoms with Crippen molar-refractivity contribution in [2.45, 2.75) is 32.5 Å². The Labute approximate surface area is 230 Å². The summed E-state index contributed by atoms with van der Waals surface area (Å²) in [5, 5.41) is 7.80. The fourth-order valence-electron chi connectivity index (χ4n) is 3.33. The van der Waals surface area contributed by atoms with E-state index < -0.39 is 33.0 Å². The summed E-state index contributed by atoms with van der Waals surface area (Å²) in [6, 6.07) is 9.58. The number of anilines is 2. The van der Waals surface area contributed by atoms with Gasteiger partial charge in [-0.2, -0.15) is 34.8 Å². The van der Waals surface area contributed by atoms with E-state index in [0.29, 0.717) is 24.5 Å². The van der Waals surface area contributed by atoms with Crippen LogP contribution in [0, 0.1) is 6.92 Å². The average molecular weight is 619 g/mol. The number of halogens is 6. The molecule has 212 valence electrons. The number of alkyl halides is 6. The second kappa shape index (κ2) is 12.3. The topological polar surface area (TPSA) is 99.9 Å². The smallest absolute Gasteiger partial charge is 0.372 e. The van der Waals surface area contributed by atoms with Crippen LogP contribution < -0.4 is 9.62 Å². The number of aromatic nitrogens is 2. The maximum atomic E-state index is 13.0. The standard InChI is InChI=1S/C23H22F6N6O2S.Ni/c1-4-35(5-2)17-10-11-18(19(13-17)34-38(36,37)23(27,28)29)32-33-20-12-14(3)30-21(31-20)15-6-8-16(9-7-15)22(24,25)26;/h6-13,34H,4-5H2,1-3H3;/q;+2. The van der Waals surface area contributed by atoms with E-state index in [1.807, 2.05) is 13.8 Å². The predicted molar refractivity (Wildman–Crippen MR) is 130 cm³/mol. The largest absolute Gasteiger partial charge is 2.00 e. The Bertz CT molecular complexity index is 1430. The SMILES string of the molecule is CCN(CC)c1ccc(N=Nc2cc(C)nc(-c3ccc(C(F)(F)F)cc3)n2)c(NS(=O)(=O)C(F)(F)F)c1.[Ni+2]. The zero-order valence-electron chi connectivity index (χ0n) is 20.6. The van der Waals surface area contributed by atoms with Crippen molar-refractivity contribution in [1.29, 1.82) is 0 Å². The number of azo groups is 1. The quantitative estimate of drug-likeness (QED) is 0.167. The summed E-state index contributed by atoms with van der Waals surface area (Å²) < 4.78 is 103. The summed E-state index contributed by atoms with van der Waals surface area (Å²) in [6.07, 6.45) is -4.52. The summed E-state index contributed by atoms with van der Waals surface area (Å²) in [6.45, 7) is 6.24. The monoisotopic (exact) mass is 618 g/mol. The van der Waals surface area contributed by atoms with Crippen LogP contribution in [0.25, 0.3) is 11.4 Å². The number of hydrogen-bond donors (Lipinski definition) is 1. The van der Waals surface area contributed by atoms with Crippen molar-refractivity contribution in [3.8, 4) is 11.4 Å². The molecule has 0 fully saturated rings. The van der Waals surface area contributed by atoms with Crippen molar-refractivity contribution in [1.82, 2.24) is 9.97 Å². The van der Waals surface area contributed by atoms with Crippen LogP contribution >= 0.6 is 0 Å². The van der Waals surface area contributed by atoms with Gasteiger partial charge >= 0.3 is 38.2 Å². The van der Waals surface area contributed by atoms with E-state index in [9.17, 15) is 34.8 Å². The number of rotatable bonds is 8. The van der Waals surface area contributed by atoms with Gasteiger partial charge in [0.25, 0.3) is 0 Å². The van der Waals surface area contributed by atoms with Crippen LogP contribution in [0.1, 0.15) is 25.1 Å². The molecule has 0 radical (unpaired) electrons. The summed E-state index contributed by atoms with van der Waals surface area (Å²) in [5.41, 5.74) is -5.98. The first-order chi connectivity index (χ1) is 17.6. The molecule has 0 unspecified atom stereocenters. The average Bonchev–Trinajstić information content (AvgIpc) is 2.82. The van der Waals surface area contributed by atoms with Gasteiger partial charge < -0.3 is 4.90 Å². The fourth-order valence-corrected chi connectivity index (χ4v) is 3.90. The first-order valence-electron chi connectivity index (χ1n) is 11.1. The molecule has 0 spiro atoms. The Hall–Kier alpha value is -3.26. The van der Waals surface area contributed by atoms with Gasteiger partial charge in [-0.05, 0) is 51.1 Å². The molecule has 1 heterocycles. The maximum Gasteiger partial charge on any atom is 2.00 e. The van der Waals surface area contributed by atoms with Gasteiger partial charge in [-0.15, -0.1) is 10.2 Å². The molecule has 8 nitrogen and oxygen atoms in total. The van der Waals surface area contributed by atoms with Crippen molar-refractivity contribution >= 4 is 32.9 Å². The summed E-state index contributed by atoms with van der Waals surface area (Å²) in [7, 11) is -5.75. The molecule has 0 aliphatic rings. The van der Waals surface area contributed by atoms with E-state index >= 15 is 0 Å². The van der Waals surface area contributed by atoms with Crippen molar-refractivity contribution in [3.63, 3.8) is 0 Å². The molecule has 0 aliphatic carbocycles. The van der Waals surface area contributed by atoms with Crippen LogP contribution in [0.5, 0.6) is 0 Å². The van der Waals surface area contributed by atoms with Crippen molar-refractivity contribution in [3.05, 3.63) is 59.8 Å². The molecule has 3 aromatic rings. The van der Waals surface area contributed by atoms with Crippen molar-refractivity contribution in [2.24, 2.45) is 10.2 Å².